The molecule has 2 aromatic carbocycles. The minimum atomic E-state index is -0.367. The number of aromatic amines is 1. The fourth-order valence-corrected chi connectivity index (χ4v) is 2.88. The highest BCUT2D eigenvalue weighted by atomic mass is 19.1. The number of H-pyrrole nitrogens is 1. The lowest BCUT2D eigenvalue weighted by atomic mass is 9.96. The zero-order chi connectivity index (χ0) is 16.0. The van der Waals surface area contributed by atoms with E-state index in [9.17, 15) is 9.18 Å². The third-order valence-electron chi connectivity index (χ3n) is 4.59. The molecule has 23 heavy (non-hydrogen) atoms. The van der Waals surface area contributed by atoms with Gasteiger partial charge >= 0.3 is 0 Å². The van der Waals surface area contributed by atoms with Gasteiger partial charge in [0.05, 0.1) is 5.52 Å². The maximum absolute atomic E-state index is 12.9. The molecule has 0 bridgehead atoms. The van der Waals surface area contributed by atoms with Gasteiger partial charge in [0.15, 0.2) is 5.82 Å². The summed E-state index contributed by atoms with van der Waals surface area (Å²) < 4.78 is 12.9. The molecule has 2 N–H and O–H groups in total. The van der Waals surface area contributed by atoms with Gasteiger partial charge in [-0.3, -0.25) is 9.89 Å². The number of hydrogen-bond acceptors (Lipinski definition) is 2. The minimum Gasteiger partial charge on any atom is -0.305 e. The van der Waals surface area contributed by atoms with Crippen LogP contribution in [0.3, 0.4) is 0 Å². The molecule has 4 rings (SSSR count). The highest BCUT2D eigenvalue weighted by Crippen LogP contribution is 2.49. The molecule has 1 heterocycles. The first-order valence-electron chi connectivity index (χ1n) is 7.61. The van der Waals surface area contributed by atoms with E-state index in [1.165, 1.54) is 42.7 Å². The summed E-state index contributed by atoms with van der Waals surface area (Å²) in [6.07, 6.45) is 2.34. The molecule has 0 atom stereocenters. The second-order valence-electron chi connectivity index (χ2n) is 6.32. The first kappa shape index (κ1) is 13.9. The van der Waals surface area contributed by atoms with Gasteiger partial charge in [-0.1, -0.05) is 19.1 Å². The molecule has 0 spiro atoms. The number of anilines is 1. The van der Waals surface area contributed by atoms with Crippen molar-refractivity contribution in [2.75, 3.05) is 5.32 Å². The first-order chi connectivity index (χ1) is 11.1. The predicted molar refractivity (Wildman–Crippen MR) is 87.0 cm³/mol. The molecule has 1 saturated carbocycles. The molecule has 0 radical (unpaired) electrons. The van der Waals surface area contributed by atoms with Crippen LogP contribution in [-0.4, -0.2) is 16.1 Å². The fraction of sp³-hybridized carbons (Fsp3) is 0.222. The van der Waals surface area contributed by atoms with Crippen LogP contribution in [0, 0.1) is 5.82 Å². The van der Waals surface area contributed by atoms with Crippen molar-refractivity contribution in [2.45, 2.75) is 25.2 Å². The number of halogens is 1. The average molecular weight is 309 g/mol. The van der Waals surface area contributed by atoms with Gasteiger partial charge in [-0.2, -0.15) is 5.10 Å². The molecule has 0 aliphatic heterocycles. The number of benzene rings is 2. The van der Waals surface area contributed by atoms with Crippen molar-refractivity contribution in [3.8, 4) is 0 Å². The normalized spacial score (nSPS) is 15.6. The summed E-state index contributed by atoms with van der Waals surface area (Å²) in [5.41, 5.74) is 2.82. The monoisotopic (exact) mass is 309 g/mol. The number of hydrogen-bond donors (Lipinski definition) is 2. The predicted octanol–water partition coefficient (Wildman–Crippen LogP) is 4.01. The van der Waals surface area contributed by atoms with Gasteiger partial charge in [-0.15, -0.1) is 0 Å². The van der Waals surface area contributed by atoms with E-state index in [4.69, 9.17) is 0 Å². The standard InChI is InChI=1S/C18H16FN3O/c1-18(9-10-18)14-4-2-3-13-15(14)21-22-16(13)20-17(23)11-5-7-12(19)8-6-11/h2-8H,9-10H2,1H3,(H2,20,21,22,23). The third kappa shape index (κ3) is 2.38. The number of aromatic nitrogens is 2. The van der Waals surface area contributed by atoms with Crippen LogP contribution in [0.4, 0.5) is 10.2 Å². The number of carbonyl (C=O) groups excluding carboxylic acids is 1. The lowest BCUT2D eigenvalue weighted by Crippen LogP contribution is -2.12. The van der Waals surface area contributed by atoms with Crippen LogP contribution in [0.15, 0.2) is 42.5 Å². The van der Waals surface area contributed by atoms with Crippen molar-refractivity contribution < 1.29 is 9.18 Å². The number of fused-ring (bicyclic) bond motifs is 1. The molecular formula is C18H16FN3O. The molecule has 0 unspecified atom stereocenters. The summed E-state index contributed by atoms with van der Waals surface area (Å²) in [7, 11) is 0. The van der Waals surface area contributed by atoms with Gasteiger partial charge < -0.3 is 5.32 Å². The van der Waals surface area contributed by atoms with E-state index in [1.807, 2.05) is 12.1 Å². The van der Waals surface area contributed by atoms with Crippen LogP contribution in [0.5, 0.6) is 0 Å². The van der Waals surface area contributed by atoms with Crippen molar-refractivity contribution >= 4 is 22.6 Å². The van der Waals surface area contributed by atoms with Crippen molar-refractivity contribution in [1.82, 2.24) is 10.2 Å². The van der Waals surface area contributed by atoms with Crippen LogP contribution in [0.2, 0.25) is 0 Å². The Morgan fingerprint density at radius 3 is 2.65 bits per heavy atom. The lowest BCUT2D eigenvalue weighted by Gasteiger charge is -2.09. The Morgan fingerprint density at radius 1 is 1.22 bits per heavy atom. The maximum atomic E-state index is 12.9. The largest absolute Gasteiger partial charge is 0.305 e. The molecule has 1 amide bonds. The SMILES string of the molecule is CC1(c2cccc3c(NC(=O)c4ccc(F)cc4)n[nH]c23)CC1. The summed E-state index contributed by atoms with van der Waals surface area (Å²) in [5, 5.41) is 11.0. The number of rotatable bonds is 3. The summed E-state index contributed by atoms with van der Waals surface area (Å²) in [4.78, 5) is 12.3. The maximum Gasteiger partial charge on any atom is 0.256 e. The zero-order valence-electron chi connectivity index (χ0n) is 12.7. The Labute approximate surface area is 132 Å². The molecule has 0 saturated heterocycles. The third-order valence-corrected chi connectivity index (χ3v) is 4.59. The van der Waals surface area contributed by atoms with E-state index in [0.717, 1.165) is 10.9 Å². The van der Waals surface area contributed by atoms with Crippen molar-refractivity contribution in [1.29, 1.82) is 0 Å². The zero-order valence-corrected chi connectivity index (χ0v) is 12.7. The Balaban J connectivity index is 1.67. The second-order valence-corrected chi connectivity index (χ2v) is 6.32. The van der Waals surface area contributed by atoms with E-state index < -0.39 is 0 Å². The lowest BCUT2D eigenvalue weighted by molar-refractivity contribution is 0.102. The Hall–Kier alpha value is -2.69. The molecule has 1 fully saturated rings. The highest BCUT2D eigenvalue weighted by Gasteiger charge is 2.40. The fourth-order valence-electron chi connectivity index (χ4n) is 2.88. The number of para-hydroxylation sites is 1. The molecule has 3 aromatic rings. The summed E-state index contributed by atoms with van der Waals surface area (Å²) >= 11 is 0. The number of amides is 1. The molecule has 5 heteroatoms. The van der Waals surface area contributed by atoms with Gasteiger partial charge in [0.2, 0.25) is 0 Å². The first-order valence-corrected chi connectivity index (χ1v) is 7.61. The summed E-state index contributed by atoms with van der Waals surface area (Å²) in [5.74, 6) is -0.170. The second kappa shape index (κ2) is 4.91. The van der Waals surface area contributed by atoms with Crippen LogP contribution < -0.4 is 5.32 Å². The van der Waals surface area contributed by atoms with E-state index in [2.05, 4.69) is 28.5 Å². The smallest absolute Gasteiger partial charge is 0.256 e. The Kier molecular flexibility index (Phi) is 2.98. The summed E-state index contributed by atoms with van der Waals surface area (Å²) in [6, 6.07) is 11.5. The molecule has 4 nitrogen and oxygen atoms in total. The van der Waals surface area contributed by atoms with Crippen LogP contribution in [0.25, 0.3) is 10.9 Å². The molecule has 1 aromatic heterocycles. The van der Waals surface area contributed by atoms with Gasteiger partial charge in [-0.25, -0.2) is 4.39 Å². The van der Waals surface area contributed by atoms with Gasteiger partial charge in [0.1, 0.15) is 5.82 Å². The van der Waals surface area contributed by atoms with Crippen molar-refractivity contribution in [2.24, 2.45) is 0 Å². The molecular weight excluding hydrogens is 293 g/mol. The number of carbonyl (C=O) groups is 1. The molecule has 1 aliphatic rings. The van der Waals surface area contributed by atoms with Gasteiger partial charge in [0.25, 0.3) is 5.91 Å². The van der Waals surface area contributed by atoms with E-state index >= 15 is 0 Å². The van der Waals surface area contributed by atoms with Crippen molar-refractivity contribution in [3.63, 3.8) is 0 Å². The quantitative estimate of drug-likeness (QED) is 0.768. The van der Waals surface area contributed by atoms with Gasteiger partial charge in [0, 0.05) is 10.9 Å². The number of nitrogens with zero attached hydrogens (tertiary/aromatic N) is 1. The molecule has 1 aliphatic carbocycles. The number of nitrogens with one attached hydrogen (secondary N) is 2. The Bertz CT molecular complexity index is 894. The average Bonchev–Trinajstić information content (AvgIpc) is 3.17. The van der Waals surface area contributed by atoms with Crippen molar-refractivity contribution in [3.05, 3.63) is 59.4 Å². The summed E-state index contributed by atoms with van der Waals surface area (Å²) in [6.45, 7) is 2.24. The van der Waals surface area contributed by atoms with Crippen LogP contribution in [0.1, 0.15) is 35.7 Å². The van der Waals surface area contributed by atoms with E-state index in [-0.39, 0.29) is 17.1 Å². The van der Waals surface area contributed by atoms with Gasteiger partial charge in [-0.05, 0) is 54.2 Å². The van der Waals surface area contributed by atoms with Crippen LogP contribution >= 0.6 is 0 Å². The minimum absolute atomic E-state index is 0.213. The molecule has 116 valence electrons. The van der Waals surface area contributed by atoms with E-state index in [0.29, 0.717) is 11.4 Å². The highest BCUT2D eigenvalue weighted by molar-refractivity contribution is 6.08. The van der Waals surface area contributed by atoms with E-state index in [1.54, 1.807) is 0 Å². The Morgan fingerprint density at radius 2 is 1.96 bits per heavy atom. The van der Waals surface area contributed by atoms with Crippen LogP contribution in [-0.2, 0) is 5.41 Å². The topological polar surface area (TPSA) is 57.8 Å².